The second-order valence-corrected chi connectivity index (χ2v) is 5.42. The molecule has 0 aliphatic carbocycles. The Morgan fingerprint density at radius 3 is 2.72 bits per heavy atom. The van der Waals surface area contributed by atoms with Crippen LogP contribution in [0.15, 0.2) is 18.2 Å². The normalized spacial score (nSPS) is 12.4. The molecule has 0 aliphatic heterocycles. The van der Waals surface area contributed by atoms with Crippen molar-refractivity contribution in [3.05, 3.63) is 23.8 Å². The van der Waals surface area contributed by atoms with Crippen LogP contribution < -0.4 is 10.2 Å². The topological polar surface area (TPSA) is 35.5 Å². The van der Waals surface area contributed by atoms with Gasteiger partial charge in [-0.15, -0.1) is 0 Å². The molecule has 0 spiro atoms. The SMILES string of the molecule is CCNC(C)c1ccc(N(C)CCSC)cc1O. The van der Waals surface area contributed by atoms with Crippen LogP contribution in [0.1, 0.15) is 25.5 Å². The molecule has 0 radical (unpaired) electrons. The summed E-state index contributed by atoms with van der Waals surface area (Å²) in [5.74, 6) is 1.46. The minimum absolute atomic E-state index is 0.181. The van der Waals surface area contributed by atoms with Crippen molar-refractivity contribution in [2.24, 2.45) is 0 Å². The average Bonchev–Trinajstić information content (AvgIpc) is 2.35. The van der Waals surface area contributed by atoms with Gasteiger partial charge in [0, 0.05) is 42.7 Å². The molecular weight excluding hydrogens is 244 g/mol. The Bertz CT molecular complexity index is 371. The number of phenolic OH excluding ortho intramolecular Hbond substituents is 1. The predicted octanol–water partition coefficient (Wildman–Crippen LogP) is 2.86. The van der Waals surface area contributed by atoms with E-state index < -0.39 is 0 Å². The fraction of sp³-hybridized carbons (Fsp3) is 0.571. The molecule has 3 nitrogen and oxygen atoms in total. The largest absolute Gasteiger partial charge is 0.508 e. The average molecular weight is 268 g/mol. The highest BCUT2D eigenvalue weighted by atomic mass is 32.2. The van der Waals surface area contributed by atoms with Gasteiger partial charge in [-0.2, -0.15) is 11.8 Å². The van der Waals surface area contributed by atoms with Crippen LogP contribution in [0.2, 0.25) is 0 Å². The quantitative estimate of drug-likeness (QED) is 0.797. The summed E-state index contributed by atoms with van der Waals surface area (Å²) in [7, 11) is 2.05. The number of benzene rings is 1. The Morgan fingerprint density at radius 2 is 2.17 bits per heavy atom. The van der Waals surface area contributed by atoms with Gasteiger partial charge in [0.25, 0.3) is 0 Å². The summed E-state index contributed by atoms with van der Waals surface area (Å²) >= 11 is 1.83. The molecule has 1 atom stereocenters. The zero-order chi connectivity index (χ0) is 13.5. The minimum atomic E-state index is 0.181. The lowest BCUT2D eigenvalue weighted by Crippen LogP contribution is -2.21. The Labute approximate surface area is 115 Å². The highest BCUT2D eigenvalue weighted by molar-refractivity contribution is 7.98. The van der Waals surface area contributed by atoms with Crippen LogP contribution in [-0.4, -0.2) is 37.3 Å². The molecule has 0 aliphatic rings. The van der Waals surface area contributed by atoms with E-state index in [9.17, 15) is 5.11 Å². The number of rotatable bonds is 7. The second kappa shape index (κ2) is 7.54. The lowest BCUT2D eigenvalue weighted by Gasteiger charge is -2.21. The van der Waals surface area contributed by atoms with E-state index in [1.807, 2.05) is 23.9 Å². The van der Waals surface area contributed by atoms with Crippen LogP contribution in [0.25, 0.3) is 0 Å². The summed E-state index contributed by atoms with van der Waals surface area (Å²) in [6.07, 6.45) is 2.10. The van der Waals surface area contributed by atoms with Gasteiger partial charge in [0.2, 0.25) is 0 Å². The monoisotopic (exact) mass is 268 g/mol. The van der Waals surface area contributed by atoms with E-state index >= 15 is 0 Å². The Morgan fingerprint density at radius 1 is 1.44 bits per heavy atom. The van der Waals surface area contributed by atoms with Gasteiger partial charge in [0.15, 0.2) is 0 Å². The van der Waals surface area contributed by atoms with Crippen molar-refractivity contribution in [1.82, 2.24) is 5.32 Å². The van der Waals surface area contributed by atoms with E-state index in [4.69, 9.17) is 0 Å². The third-order valence-corrected chi connectivity index (χ3v) is 3.65. The van der Waals surface area contributed by atoms with E-state index in [-0.39, 0.29) is 6.04 Å². The summed E-state index contributed by atoms with van der Waals surface area (Å²) in [5.41, 5.74) is 2.02. The van der Waals surface area contributed by atoms with Crippen molar-refractivity contribution in [2.75, 3.05) is 37.0 Å². The van der Waals surface area contributed by atoms with Crippen LogP contribution >= 0.6 is 11.8 Å². The number of phenols is 1. The minimum Gasteiger partial charge on any atom is -0.508 e. The lowest BCUT2D eigenvalue weighted by atomic mass is 10.1. The summed E-state index contributed by atoms with van der Waals surface area (Å²) in [6, 6.07) is 6.11. The van der Waals surface area contributed by atoms with Crippen LogP contribution in [-0.2, 0) is 0 Å². The number of hydrogen-bond acceptors (Lipinski definition) is 4. The zero-order valence-electron chi connectivity index (χ0n) is 11.7. The summed E-state index contributed by atoms with van der Waals surface area (Å²) in [4.78, 5) is 2.16. The van der Waals surface area contributed by atoms with Gasteiger partial charge in [0.05, 0.1) is 0 Å². The highest BCUT2D eigenvalue weighted by Crippen LogP contribution is 2.28. The van der Waals surface area contributed by atoms with Crippen LogP contribution in [0, 0.1) is 0 Å². The van der Waals surface area contributed by atoms with E-state index in [0.29, 0.717) is 5.75 Å². The molecule has 0 bridgehead atoms. The van der Waals surface area contributed by atoms with Gasteiger partial charge in [-0.1, -0.05) is 13.0 Å². The van der Waals surface area contributed by atoms with Gasteiger partial charge in [-0.25, -0.2) is 0 Å². The molecule has 0 saturated carbocycles. The number of anilines is 1. The second-order valence-electron chi connectivity index (χ2n) is 4.44. The Balaban J connectivity index is 2.78. The van der Waals surface area contributed by atoms with Crippen molar-refractivity contribution >= 4 is 17.4 Å². The number of hydrogen-bond donors (Lipinski definition) is 2. The van der Waals surface area contributed by atoms with Gasteiger partial charge < -0.3 is 15.3 Å². The number of aromatic hydroxyl groups is 1. The summed E-state index contributed by atoms with van der Waals surface area (Å²) in [6.45, 7) is 6.02. The summed E-state index contributed by atoms with van der Waals surface area (Å²) in [5, 5.41) is 13.4. The van der Waals surface area contributed by atoms with E-state index in [1.165, 1.54) is 0 Å². The molecular formula is C14H24N2OS. The fourth-order valence-corrected chi connectivity index (χ4v) is 2.37. The van der Waals surface area contributed by atoms with E-state index in [0.717, 1.165) is 30.1 Å². The number of thioether (sulfide) groups is 1. The van der Waals surface area contributed by atoms with Crippen molar-refractivity contribution in [2.45, 2.75) is 19.9 Å². The maximum atomic E-state index is 10.1. The molecule has 0 fully saturated rings. The Kier molecular flexibility index (Phi) is 6.36. The van der Waals surface area contributed by atoms with E-state index in [2.05, 4.69) is 43.4 Å². The fourth-order valence-electron chi connectivity index (χ4n) is 1.91. The first-order valence-corrected chi connectivity index (χ1v) is 7.75. The van der Waals surface area contributed by atoms with Crippen LogP contribution in [0.3, 0.4) is 0 Å². The molecule has 0 aromatic heterocycles. The maximum Gasteiger partial charge on any atom is 0.122 e. The van der Waals surface area contributed by atoms with Crippen LogP contribution in [0.5, 0.6) is 5.75 Å². The molecule has 0 saturated heterocycles. The van der Waals surface area contributed by atoms with Crippen molar-refractivity contribution in [1.29, 1.82) is 0 Å². The van der Waals surface area contributed by atoms with Gasteiger partial charge in [-0.05, 0) is 25.8 Å². The van der Waals surface area contributed by atoms with Crippen molar-refractivity contribution in [3.8, 4) is 5.75 Å². The van der Waals surface area contributed by atoms with Gasteiger partial charge in [-0.3, -0.25) is 0 Å². The molecule has 1 unspecified atom stereocenters. The molecule has 0 amide bonds. The molecule has 2 N–H and O–H groups in total. The smallest absolute Gasteiger partial charge is 0.122 e. The number of nitrogens with one attached hydrogen (secondary N) is 1. The first-order valence-electron chi connectivity index (χ1n) is 6.36. The third kappa shape index (κ3) is 4.10. The highest BCUT2D eigenvalue weighted by Gasteiger charge is 2.11. The molecule has 1 rings (SSSR count). The van der Waals surface area contributed by atoms with Gasteiger partial charge >= 0.3 is 0 Å². The molecule has 1 aromatic carbocycles. The molecule has 4 heteroatoms. The number of nitrogens with zero attached hydrogens (tertiary/aromatic N) is 1. The van der Waals surface area contributed by atoms with Crippen LogP contribution in [0.4, 0.5) is 5.69 Å². The molecule has 102 valence electrons. The lowest BCUT2D eigenvalue weighted by molar-refractivity contribution is 0.454. The van der Waals surface area contributed by atoms with Crippen molar-refractivity contribution < 1.29 is 5.11 Å². The maximum absolute atomic E-state index is 10.1. The zero-order valence-corrected chi connectivity index (χ0v) is 12.5. The van der Waals surface area contributed by atoms with Gasteiger partial charge in [0.1, 0.15) is 5.75 Å². The van der Waals surface area contributed by atoms with Crippen molar-refractivity contribution in [3.63, 3.8) is 0 Å². The third-order valence-electron chi connectivity index (χ3n) is 3.06. The molecule has 1 aromatic rings. The Hall–Kier alpha value is -0.870. The molecule has 0 heterocycles. The molecule has 18 heavy (non-hydrogen) atoms. The standard InChI is InChI=1S/C14H24N2OS/c1-5-15-11(2)13-7-6-12(10-14(13)17)16(3)8-9-18-4/h6-7,10-11,15,17H,5,8-9H2,1-4H3. The summed E-state index contributed by atoms with van der Waals surface area (Å²) < 4.78 is 0. The first kappa shape index (κ1) is 15.2. The predicted molar refractivity (Wildman–Crippen MR) is 81.9 cm³/mol. The van der Waals surface area contributed by atoms with E-state index in [1.54, 1.807) is 0 Å². The first-order chi connectivity index (χ1) is 8.60.